The fourth-order valence-corrected chi connectivity index (χ4v) is 3.15. The second-order valence-corrected chi connectivity index (χ2v) is 6.87. The fraction of sp³-hybridized carbons (Fsp3) is 0.286. The Kier molecular flexibility index (Phi) is 6.06. The molecule has 146 valence electrons. The van der Waals surface area contributed by atoms with Gasteiger partial charge in [0, 0.05) is 31.2 Å². The number of hydrogen-bond acceptors (Lipinski definition) is 5. The quantitative estimate of drug-likeness (QED) is 0.453. The third-order valence-electron chi connectivity index (χ3n) is 4.72. The molecule has 0 radical (unpaired) electrons. The van der Waals surface area contributed by atoms with Crippen LogP contribution in [0, 0.1) is 10.1 Å². The first-order valence-electron chi connectivity index (χ1n) is 9.06. The lowest BCUT2D eigenvalue weighted by Crippen LogP contribution is -2.33. The number of nitrogens with zero attached hydrogens (tertiary/aromatic N) is 2. The number of likely N-dealkylation sites (N-methyl/N-ethyl adjacent to an activating group) is 1. The van der Waals surface area contributed by atoms with Crippen LogP contribution >= 0.6 is 0 Å². The van der Waals surface area contributed by atoms with E-state index in [9.17, 15) is 14.9 Å². The monoisotopic (exact) mass is 381 g/mol. The van der Waals surface area contributed by atoms with Crippen molar-refractivity contribution in [2.75, 3.05) is 27.2 Å². The van der Waals surface area contributed by atoms with Gasteiger partial charge in [0.15, 0.2) is 0 Å². The largest absolute Gasteiger partial charge is 0.493 e. The molecule has 0 spiro atoms. The Morgan fingerprint density at radius 1 is 1.29 bits per heavy atom. The zero-order valence-corrected chi connectivity index (χ0v) is 15.9. The van der Waals surface area contributed by atoms with Crippen molar-refractivity contribution in [2.45, 2.75) is 12.5 Å². The molecule has 0 saturated carbocycles. The molecule has 7 nitrogen and oxygen atoms in total. The lowest BCUT2D eigenvalue weighted by molar-refractivity contribution is -0.384. The molecule has 2 aromatic rings. The highest BCUT2D eigenvalue weighted by Gasteiger charge is 2.19. The van der Waals surface area contributed by atoms with Gasteiger partial charge in [-0.2, -0.15) is 0 Å². The maximum Gasteiger partial charge on any atom is 0.269 e. The number of amides is 1. The second kappa shape index (κ2) is 8.67. The molecule has 1 unspecified atom stereocenters. The summed E-state index contributed by atoms with van der Waals surface area (Å²) in [5, 5.41) is 13.6. The van der Waals surface area contributed by atoms with Gasteiger partial charge in [0.1, 0.15) is 5.75 Å². The van der Waals surface area contributed by atoms with E-state index in [1.807, 2.05) is 26.2 Å². The van der Waals surface area contributed by atoms with Gasteiger partial charge in [0.2, 0.25) is 5.91 Å². The van der Waals surface area contributed by atoms with Crippen LogP contribution in [-0.4, -0.2) is 43.0 Å². The minimum Gasteiger partial charge on any atom is -0.493 e. The van der Waals surface area contributed by atoms with Gasteiger partial charge in [-0.1, -0.05) is 12.1 Å². The second-order valence-electron chi connectivity index (χ2n) is 6.87. The summed E-state index contributed by atoms with van der Waals surface area (Å²) in [6.07, 6.45) is 3.98. The number of fused-ring (bicyclic) bond motifs is 1. The van der Waals surface area contributed by atoms with Crippen molar-refractivity contribution in [3.05, 3.63) is 75.3 Å². The SMILES string of the molecule is CN(C)C(CNC(=O)/C=C/c1ccc([N+](=O)[O-])cc1)c1ccc2c(c1)CCO2. The highest BCUT2D eigenvalue weighted by Crippen LogP contribution is 2.29. The summed E-state index contributed by atoms with van der Waals surface area (Å²) in [6, 6.07) is 12.3. The Bertz CT molecular complexity index is 891. The number of rotatable bonds is 7. The summed E-state index contributed by atoms with van der Waals surface area (Å²) in [7, 11) is 3.96. The summed E-state index contributed by atoms with van der Waals surface area (Å²) < 4.78 is 5.56. The first-order chi connectivity index (χ1) is 13.4. The molecular formula is C21H23N3O4. The van der Waals surface area contributed by atoms with E-state index in [4.69, 9.17) is 4.74 Å². The van der Waals surface area contributed by atoms with Gasteiger partial charge in [0.25, 0.3) is 5.69 Å². The summed E-state index contributed by atoms with van der Waals surface area (Å²) >= 11 is 0. The molecule has 0 fully saturated rings. The lowest BCUT2D eigenvalue weighted by atomic mass is 10.0. The van der Waals surface area contributed by atoms with Crippen LogP contribution in [0.4, 0.5) is 5.69 Å². The average Bonchev–Trinajstić information content (AvgIpc) is 3.14. The molecule has 1 aliphatic heterocycles. The molecule has 0 saturated heterocycles. The van der Waals surface area contributed by atoms with E-state index >= 15 is 0 Å². The van der Waals surface area contributed by atoms with E-state index in [1.165, 1.54) is 23.8 Å². The first kappa shape index (κ1) is 19.6. The number of nitro benzene ring substituents is 1. The highest BCUT2D eigenvalue weighted by molar-refractivity contribution is 5.91. The molecule has 0 aliphatic carbocycles. The third-order valence-corrected chi connectivity index (χ3v) is 4.72. The molecule has 3 rings (SSSR count). The summed E-state index contributed by atoms with van der Waals surface area (Å²) in [4.78, 5) is 24.5. The molecule has 28 heavy (non-hydrogen) atoms. The molecular weight excluding hydrogens is 358 g/mol. The predicted molar refractivity (Wildman–Crippen MR) is 107 cm³/mol. The minimum atomic E-state index is -0.452. The van der Waals surface area contributed by atoms with Crippen LogP contribution in [0.3, 0.4) is 0 Å². The van der Waals surface area contributed by atoms with E-state index in [0.29, 0.717) is 6.54 Å². The van der Waals surface area contributed by atoms with Crippen molar-refractivity contribution < 1.29 is 14.5 Å². The Balaban J connectivity index is 1.60. The summed E-state index contributed by atoms with van der Waals surface area (Å²) in [6.45, 7) is 1.19. The van der Waals surface area contributed by atoms with Gasteiger partial charge in [-0.15, -0.1) is 0 Å². The van der Waals surface area contributed by atoms with Crippen molar-refractivity contribution in [3.8, 4) is 5.75 Å². The zero-order chi connectivity index (χ0) is 20.1. The summed E-state index contributed by atoms with van der Waals surface area (Å²) in [5.41, 5.74) is 3.08. The Labute approximate surface area is 163 Å². The number of ether oxygens (including phenoxy) is 1. The molecule has 1 N–H and O–H groups in total. The van der Waals surface area contributed by atoms with E-state index in [-0.39, 0.29) is 17.6 Å². The molecule has 7 heteroatoms. The third kappa shape index (κ3) is 4.75. The van der Waals surface area contributed by atoms with E-state index in [1.54, 1.807) is 18.2 Å². The number of benzene rings is 2. The van der Waals surface area contributed by atoms with Crippen molar-refractivity contribution in [1.29, 1.82) is 0 Å². The number of nitrogens with one attached hydrogen (secondary N) is 1. The first-order valence-corrected chi connectivity index (χ1v) is 9.06. The normalized spacial score (nSPS) is 14.0. The molecule has 1 amide bonds. The topological polar surface area (TPSA) is 84.7 Å². The maximum atomic E-state index is 12.2. The van der Waals surface area contributed by atoms with Crippen LogP contribution in [0.25, 0.3) is 6.08 Å². The number of carbonyl (C=O) groups excluding carboxylic acids is 1. The van der Waals surface area contributed by atoms with E-state index in [0.717, 1.165) is 29.9 Å². The molecule has 0 aromatic heterocycles. The van der Waals surface area contributed by atoms with Crippen molar-refractivity contribution in [2.24, 2.45) is 0 Å². The zero-order valence-electron chi connectivity index (χ0n) is 15.9. The number of non-ortho nitro benzene ring substituents is 1. The van der Waals surface area contributed by atoms with Crippen molar-refractivity contribution in [1.82, 2.24) is 10.2 Å². The van der Waals surface area contributed by atoms with Crippen LogP contribution < -0.4 is 10.1 Å². The maximum absolute atomic E-state index is 12.2. The smallest absolute Gasteiger partial charge is 0.269 e. The van der Waals surface area contributed by atoms with Crippen LogP contribution in [0.15, 0.2) is 48.5 Å². The minimum absolute atomic E-state index is 0.0233. The van der Waals surface area contributed by atoms with Crippen LogP contribution in [-0.2, 0) is 11.2 Å². The van der Waals surface area contributed by atoms with Gasteiger partial charge in [-0.05, 0) is 55.1 Å². The number of hydrogen-bond donors (Lipinski definition) is 1. The van der Waals surface area contributed by atoms with Crippen LogP contribution in [0.5, 0.6) is 5.75 Å². The predicted octanol–water partition coefficient (Wildman–Crippen LogP) is 2.96. The van der Waals surface area contributed by atoms with Gasteiger partial charge in [-0.25, -0.2) is 0 Å². The van der Waals surface area contributed by atoms with E-state index in [2.05, 4.69) is 16.3 Å². The highest BCUT2D eigenvalue weighted by atomic mass is 16.6. The fourth-order valence-electron chi connectivity index (χ4n) is 3.15. The summed E-state index contributed by atoms with van der Waals surface area (Å²) in [5.74, 6) is 0.728. The molecule has 1 aliphatic rings. The van der Waals surface area contributed by atoms with Crippen LogP contribution in [0.2, 0.25) is 0 Å². The van der Waals surface area contributed by atoms with Crippen molar-refractivity contribution >= 4 is 17.7 Å². The van der Waals surface area contributed by atoms with Crippen LogP contribution in [0.1, 0.15) is 22.7 Å². The van der Waals surface area contributed by atoms with Crippen molar-refractivity contribution in [3.63, 3.8) is 0 Å². The number of nitro groups is 1. The van der Waals surface area contributed by atoms with Gasteiger partial charge < -0.3 is 15.0 Å². The molecule has 0 bridgehead atoms. The molecule has 2 aromatic carbocycles. The lowest BCUT2D eigenvalue weighted by Gasteiger charge is -2.25. The molecule has 1 atom stereocenters. The standard InChI is InChI=1S/C21H23N3O4/c1-23(2)19(16-6-9-20-17(13-16)11-12-28-20)14-22-21(25)10-5-15-3-7-18(8-4-15)24(26)27/h3-10,13,19H,11-12,14H2,1-2H3,(H,22,25)/b10-5+. The Morgan fingerprint density at radius 3 is 2.71 bits per heavy atom. The van der Waals surface area contributed by atoms with Gasteiger partial charge >= 0.3 is 0 Å². The average molecular weight is 381 g/mol. The Hall–Kier alpha value is -3.19. The van der Waals surface area contributed by atoms with Gasteiger partial charge in [0.05, 0.1) is 17.6 Å². The van der Waals surface area contributed by atoms with Gasteiger partial charge in [-0.3, -0.25) is 14.9 Å². The number of carbonyl (C=O) groups is 1. The van der Waals surface area contributed by atoms with E-state index < -0.39 is 4.92 Å². The Morgan fingerprint density at radius 2 is 2.04 bits per heavy atom. The molecule has 1 heterocycles.